The van der Waals surface area contributed by atoms with Crippen molar-refractivity contribution in [2.45, 2.75) is 32.8 Å². The van der Waals surface area contributed by atoms with Gasteiger partial charge < -0.3 is 19.8 Å². The number of hydrogen-bond acceptors (Lipinski definition) is 7. The second kappa shape index (κ2) is 11.9. The molecule has 202 valence electrons. The molecule has 12 heteroatoms. The summed E-state index contributed by atoms with van der Waals surface area (Å²) in [6.45, 7) is 4.24. The number of fused-ring (bicyclic) bond motifs is 1. The molecular formula is C26H29ClN4O6S. The van der Waals surface area contributed by atoms with Gasteiger partial charge in [-0.1, -0.05) is 29.8 Å². The van der Waals surface area contributed by atoms with E-state index in [4.69, 9.17) is 21.1 Å². The molecule has 1 aliphatic rings. The lowest BCUT2D eigenvalue weighted by molar-refractivity contribution is -0.127. The number of benzene rings is 2. The molecular weight excluding hydrogens is 532 g/mol. The van der Waals surface area contributed by atoms with E-state index in [9.17, 15) is 18.0 Å². The van der Waals surface area contributed by atoms with E-state index in [1.165, 1.54) is 6.40 Å². The van der Waals surface area contributed by atoms with Crippen LogP contribution in [0.4, 0.5) is 0 Å². The van der Waals surface area contributed by atoms with E-state index in [-0.39, 0.29) is 18.8 Å². The van der Waals surface area contributed by atoms with Crippen LogP contribution in [0.1, 0.15) is 33.6 Å². The third-order valence-corrected chi connectivity index (χ3v) is 7.91. The van der Waals surface area contributed by atoms with Gasteiger partial charge in [-0.2, -0.15) is 0 Å². The molecule has 0 fully saturated rings. The molecule has 2 aromatic carbocycles. The predicted molar refractivity (Wildman–Crippen MR) is 146 cm³/mol. The monoisotopic (exact) mass is 560 g/mol. The summed E-state index contributed by atoms with van der Waals surface area (Å²) >= 11 is 6.23. The molecule has 0 saturated heterocycles. The molecule has 2 heterocycles. The molecule has 0 bridgehead atoms. The molecule has 1 aliphatic heterocycles. The number of aliphatic imine (C=N–C) groups is 1. The van der Waals surface area contributed by atoms with Gasteiger partial charge in [-0.15, -0.1) is 0 Å². The Balaban J connectivity index is 1.38. The minimum absolute atomic E-state index is 0.175. The zero-order chi connectivity index (χ0) is 27.3. The maximum atomic E-state index is 13.0. The van der Waals surface area contributed by atoms with E-state index in [0.717, 1.165) is 22.0 Å². The molecule has 0 aliphatic carbocycles. The van der Waals surface area contributed by atoms with Gasteiger partial charge in [-0.05, 0) is 61.6 Å². The number of amides is 2. The molecule has 0 saturated carbocycles. The largest absolute Gasteiger partial charge is 0.494 e. The average molecular weight is 561 g/mol. The summed E-state index contributed by atoms with van der Waals surface area (Å²) in [6.07, 6.45) is 1.50. The SMILES string of the molecule is Cc1cc(OCCCc2c(C(=O)NS(=O)(=O)CCNC(=O)C3CN=CO3)[nH]c3ccccc23)cc(C)c1Cl. The number of aromatic amines is 1. The van der Waals surface area contributed by atoms with Crippen molar-refractivity contribution in [3.05, 3.63) is 63.8 Å². The van der Waals surface area contributed by atoms with Gasteiger partial charge in [-0.25, -0.2) is 13.1 Å². The summed E-state index contributed by atoms with van der Waals surface area (Å²) < 4.78 is 38.1. The molecule has 10 nitrogen and oxygen atoms in total. The number of aromatic nitrogens is 1. The Morgan fingerprint density at radius 3 is 2.66 bits per heavy atom. The number of aryl methyl sites for hydroxylation is 3. The van der Waals surface area contributed by atoms with Crippen molar-refractivity contribution >= 4 is 50.7 Å². The van der Waals surface area contributed by atoms with Crippen LogP contribution in [0.3, 0.4) is 0 Å². The number of carbonyl (C=O) groups is 2. The van der Waals surface area contributed by atoms with Gasteiger partial charge in [0.2, 0.25) is 10.0 Å². The van der Waals surface area contributed by atoms with E-state index < -0.39 is 33.7 Å². The highest BCUT2D eigenvalue weighted by Gasteiger charge is 2.24. The first-order chi connectivity index (χ1) is 18.1. The number of para-hydroxylation sites is 1. The van der Waals surface area contributed by atoms with E-state index in [2.05, 4.69) is 20.0 Å². The third kappa shape index (κ3) is 6.65. The molecule has 1 aromatic heterocycles. The van der Waals surface area contributed by atoms with Crippen molar-refractivity contribution in [1.29, 1.82) is 0 Å². The Labute approximate surface area is 225 Å². The maximum Gasteiger partial charge on any atom is 0.281 e. The minimum Gasteiger partial charge on any atom is -0.494 e. The lowest BCUT2D eigenvalue weighted by Gasteiger charge is -2.12. The predicted octanol–water partition coefficient (Wildman–Crippen LogP) is 3.05. The number of hydrogen-bond donors (Lipinski definition) is 3. The Bertz CT molecular complexity index is 1450. The molecule has 0 spiro atoms. The van der Waals surface area contributed by atoms with Crippen molar-refractivity contribution in [2.24, 2.45) is 4.99 Å². The van der Waals surface area contributed by atoms with Gasteiger partial charge in [0.05, 0.1) is 18.9 Å². The van der Waals surface area contributed by atoms with E-state index >= 15 is 0 Å². The zero-order valence-corrected chi connectivity index (χ0v) is 22.6. The molecule has 3 aromatic rings. The molecule has 38 heavy (non-hydrogen) atoms. The highest BCUT2D eigenvalue weighted by atomic mass is 35.5. The van der Waals surface area contributed by atoms with E-state index in [1.807, 2.05) is 50.2 Å². The Hall–Kier alpha value is -3.57. The number of halogens is 1. The van der Waals surface area contributed by atoms with Crippen LogP contribution in [0.2, 0.25) is 5.02 Å². The first kappa shape index (κ1) is 27.5. The fraction of sp³-hybridized carbons (Fsp3) is 0.346. The van der Waals surface area contributed by atoms with Crippen molar-refractivity contribution in [3.8, 4) is 5.75 Å². The van der Waals surface area contributed by atoms with Crippen LogP contribution >= 0.6 is 11.6 Å². The third-order valence-electron chi connectivity index (χ3n) is 6.07. The van der Waals surface area contributed by atoms with E-state index in [0.29, 0.717) is 35.8 Å². The quantitative estimate of drug-likeness (QED) is 0.308. The van der Waals surface area contributed by atoms with Crippen LogP contribution in [-0.4, -0.2) is 63.2 Å². The normalized spacial score (nSPS) is 14.9. The smallest absolute Gasteiger partial charge is 0.281 e. The number of H-pyrrole nitrogens is 1. The summed E-state index contributed by atoms with van der Waals surface area (Å²) in [7, 11) is -4.02. The topological polar surface area (TPSA) is 139 Å². The number of sulfonamides is 1. The highest BCUT2D eigenvalue weighted by molar-refractivity contribution is 7.90. The lowest BCUT2D eigenvalue weighted by Crippen LogP contribution is -2.41. The number of carbonyl (C=O) groups excluding carboxylic acids is 2. The van der Waals surface area contributed by atoms with Gasteiger partial charge in [-0.3, -0.25) is 14.6 Å². The van der Waals surface area contributed by atoms with Gasteiger partial charge in [0, 0.05) is 22.5 Å². The molecule has 0 radical (unpaired) electrons. The van der Waals surface area contributed by atoms with Crippen LogP contribution in [0.5, 0.6) is 5.75 Å². The first-order valence-corrected chi connectivity index (χ1v) is 14.1. The molecule has 1 atom stereocenters. The number of nitrogens with zero attached hydrogens (tertiary/aromatic N) is 1. The zero-order valence-electron chi connectivity index (χ0n) is 21.0. The molecule has 3 N–H and O–H groups in total. The molecule has 4 rings (SSSR count). The van der Waals surface area contributed by atoms with Crippen molar-refractivity contribution in [2.75, 3.05) is 25.4 Å². The van der Waals surface area contributed by atoms with Crippen molar-refractivity contribution in [1.82, 2.24) is 15.0 Å². The summed E-state index contributed by atoms with van der Waals surface area (Å²) in [6, 6.07) is 11.1. The Morgan fingerprint density at radius 2 is 1.95 bits per heavy atom. The van der Waals surface area contributed by atoms with Crippen LogP contribution in [0.15, 0.2) is 41.4 Å². The standard InChI is InChI=1S/C26H29ClN4O6S/c1-16-12-18(13-17(2)23(16)27)36-10-5-7-20-19-6-3-4-8-21(19)30-24(20)26(33)31-38(34,35)11-9-29-25(32)22-14-28-15-37-22/h3-4,6,8,12-13,15,22,30H,5,7,9-11,14H2,1-2H3,(H,29,32)(H,31,33). The molecule has 2 amide bonds. The van der Waals surface area contributed by atoms with Gasteiger partial charge >= 0.3 is 0 Å². The average Bonchev–Trinajstić information content (AvgIpc) is 3.53. The number of ether oxygens (including phenoxy) is 2. The highest BCUT2D eigenvalue weighted by Crippen LogP contribution is 2.27. The van der Waals surface area contributed by atoms with Crippen LogP contribution in [0.25, 0.3) is 10.9 Å². The number of nitrogens with one attached hydrogen (secondary N) is 3. The fourth-order valence-electron chi connectivity index (χ4n) is 4.19. The summed E-state index contributed by atoms with van der Waals surface area (Å²) in [4.78, 5) is 31.8. The maximum absolute atomic E-state index is 13.0. The van der Waals surface area contributed by atoms with Crippen LogP contribution in [-0.2, 0) is 26.0 Å². The van der Waals surface area contributed by atoms with Crippen molar-refractivity contribution in [3.63, 3.8) is 0 Å². The minimum atomic E-state index is -4.02. The number of rotatable bonds is 11. The summed E-state index contributed by atoms with van der Waals surface area (Å²) in [5.74, 6) is -0.985. The van der Waals surface area contributed by atoms with Gasteiger partial charge in [0.1, 0.15) is 11.4 Å². The Kier molecular flexibility index (Phi) is 8.58. The van der Waals surface area contributed by atoms with Crippen LogP contribution < -0.4 is 14.8 Å². The second-order valence-electron chi connectivity index (χ2n) is 8.98. The summed E-state index contributed by atoms with van der Waals surface area (Å²) in [5, 5.41) is 4.02. The fourth-order valence-corrected chi connectivity index (χ4v) is 5.16. The molecule has 1 unspecified atom stereocenters. The Morgan fingerprint density at radius 1 is 1.21 bits per heavy atom. The van der Waals surface area contributed by atoms with Crippen LogP contribution in [0, 0.1) is 13.8 Å². The van der Waals surface area contributed by atoms with E-state index in [1.54, 1.807) is 0 Å². The summed E-state index contributed by atoms with van der Waals surface area (Å²) in [5.41, 5.74) is 3.46. The van der Waals surface area contributed by atoms with Gasteiger partial charge in [0.15, 0.2) is 12.5 Å². The lowest BCUT2D eigenvalue weighted by atomic mass is 10.1. The first-order valence-electron chi connectivity index (χ1n) is 12.1. The van der Waals surface area contributed by atoms with Gasteiger partial charge in [0.25, 0.3) is 11.8 Å². The second-order valence-corrected chi connectivity index (χ2v) is 11.2. The van der Waals surface area contributed by atoms with Crippen molar-refractivity contribution < 1.29 is 27.5 Å².